The Bertz CT molecular complexity index is 427. The maximum absolute atomic E-state index is 9.32. The van der Waals surface area contributed by atoms with Crippen LogP contribution in [0.3, 0.4) is 0 Å². The summed E-state index contributed by atoms with van der Waals surface area (Å²) in [4.78, 5) is 4.56. The molecule has 1 aliphatic heterocycles. The van der Waals surface area contributed by atoms with Gasteiger partial charge >= 0.3 is 0 Å². The Morgan fingerprint density at radius 1 is 1.20 bits per heavy atom. The summed E-state index contributed by atoms with van der Waals surface area (Å²) < 4.78 is 0. The zero-order valence-corrected chi connectivity index (χ0v) is 12.8. The molecule has 0 saturated carbocycles. The van der Waals surface area contributed by atoms with Gasteiger partial charge < -0.3 is 20.2 Å². The first-order chi connectivity index (χ1) is 9.70. The molecule has 5 heteroatoms. The van der Waals surface area contributed by atoms with Crippen LogP contribution in [0.5, 0.6) is 5.75 Å². The van der Waals surface area contributed by atoms with Gasteiger partial charge in [-0.1, -0.05) is 13.3 Å². The molecule has 0 unspecified atom stereocenters. The Balaban J connectivity index is 1.80. The van der Waals surface area contributed by atoms with Crippen molar-refractivity contribution in [3.05, 3.63) is 24.3 Å². The van der Waals surface area contributed by atoms with Crippen LogP contribution in [-0.2, 0) is 0 Å². The first-order valence-corrected chi connectivity index (χ1v) is 7.68. The number of aromatic hydroxyl groups is 1. The molecule has 110 valence electrons. The van der Waals surface area contributed by atoms with E-state index in [4.69, 9.17) is 12.2 Å². The number of anilines is 1. The Kier molecular flexibility index (Phi) is 5.47. The molecule has 4 nitrogen and oxygen atoms in total. The predicted octanol–water partition coefficient (Wildman–Crippen LogP) is 2.19. The Morgan fingerprint density at radius 2 is 1.85 bits per heavy atom. The lowest BCUT2D eigenvalue weighted by atomic mass is 10.2. The number of piperazine rings is 1. The lowest BCUT2D eigenvalue weighted by Crippen LogP contribution is -2.51. The third kappa shape index (κ3) is 4.00. The van der Waals surface area contributed by atoms with Crippen LogP contribution in [0.4, 0.5) is 5.69 Å². The second-order valence-corrected chi connectivity index (χ2v) is 5.46. The van der Waals surface area contributed by atoms with Gasteiger partial charge in [0.1, 0.15) is 5.75 Å². The van der Waals surface area contributed by atoms with E-state index in [1.165, 1.54) is 6.42 Å². The van der Waals surface area contributed by atoms with Crippen LogP contribution in [-0.4, -0.2) is 47.8 Å². The number of hydrogen-bond acceptors (Lipinski definition) is 3. The zero-order valence-electron chi connectivity index (χ0n) is 12.0. The molecule has 2 rings (SSSR count). The Morgan fingerprint density at radius 3 is 2.45 bits per heavy atom. The molecule has 0 spiro atoms. The molecule has 0 aliphatic carbocycles. The average molecular weight is 293 g/mol. The van der Waals surface area contributed by atoms with Crippen LogP contribution in [0.25, 0.3) is 0 Å². The molecule has 0 atom stereocenters. The molecule has 0 aromatic heterocycles. The quantitative estimate of drug-likeness (QED) is 0.658. The van der Waals surface area contributed by atoms with Gasteiger partial charge in [-0.05, 0) is 42.9 Å². The van der Waals surface area contributed by atoms with Crippen LogP contribution >= 0.6 is 12.2 Å². The van der Waals surface area contributed by atoms with Crippen LogP contribution < -0.4 is 10.2 Å². The van der Waals surface area contributed by atoms with Crippen molar-refractivity contribution in [3.8, 4) is 5.75 Å². The van der Waals surface area contributed by atoms with Gasteiger partial charge in [0.25, 0.3) is 0 Å². The largest absolute Gasteiger partial charge is 0.508 e. The highest BCUT2D eigenvalue weighted by Gasteiger charge is 2.18. The van der Waals surface area contributed by atoms with Gasteiger partial charge in [-0.3, -0.25) is 0 Å². The minimum atomic E-state index is 0.314. The normalized spacial score (nSPS) is 15.2. The third-order valence-corrected chi connectivity index (χ3v) is 3.99. The van der Waals surface area contributed by atoms with E-state index in [1.807, 2.05) is 12.1 Å². The Labute approximate surface area is 126 Å². The predicted molar refractivity (Wildman–Crippen MR) is 87.4 cm³/mol. The van der Waals surface area contributed by atoms with E-state index in [0.29, 0.717) is 5.75 Å². The maximum atomic E-state index is 9.32. The molecule has 20 heavy (non-hydrogen) atoms. The summed E-state index contributed by atoms with van der Waals surface area (Å²) in [5.41, 5.74) is 1.16. The minimum absolute atomic E-state index is 0.314. The van der Waals surface area contributed by atoms with Crippen molar-refractivity contribution in [1.29, 1.82) is 0 Å². The summed E-state index contributed by atoms with van der Waals surface area (Å²) in [5.74, 6) is 0.314. The molecular weight excluding hydrogens is 270 g/mol. The molecular formula is C15H23N3OS. The van der Waals surface area contributed by atoms with Gasteiger partial charge in [0, 0.05) is 38.4 Å². The van der Waals surface area contributed by atoms with Crippen molar-refractivity contribution in [3.63, 3.8) is 0 Å². The van der Waals surface area contributed by atoms with Gasteiger partial charge in [0.2, 0.25) is 0 Å². The molecule has 1 aromatic carbocycles. The highest BCUT2D eigenvalue weighted by molar-refractivity contribution is 7.80. The van der Waals surface area contributed by atoms with Crippen molar-refractivity contribution >= 4 is 23.0 Å². The van der Waals surface area contributed by atoms with Crippen molar-refractivity contribution < 1.29 is 5.11 Å². The fraction of sp³-hybridized carbons (Fsp3) is 0.533. The van der Waals surface area contributed by atoms with Crippen LogP contribution in [0.15, 0.2) is 24.3 Å². The average Bonchev–Trinajstić information content (AvgIpc) is 2.48. The molecule has 1 heterocycles. The summed E-state index contributed by atoms with van der Waals surface area (Å²) in [6.45, 7) is 6.95. The molecule has 0 radical (unpaired) electrons. The van der Waals surface area contributed by atoms with Crippen molar-refractivity contribution in [2.45, 2.75) is 19.8 Å². The van der Waals surface area contributed by atoms with Crippen molar-refractivity contribution in [2.75, 3.05) is 37.6 Å². The maximum Gasteiger partial charge on any atom is 0.169 e. The number of nitrogens with zero attached hydrogens (tertiary/aromatic N) is 2. The van der Waals surface area contributed by atoms with Gasteiger partial charge in [-0.15, -0.1) is 0 Å². The lowest BCUT2D eigenvalue weighted by molar-refractivity contribution is 0.380. The van der Waals surface area contributed by atoms with Gasteiger partial charge in [-0.25, -0.2) is 0 Å². The fourth-order valence-corrected chi connectivity index (χ4v) is 2.60. The number of benzene rings is 1. The molecule has 1 aromatic rings. The number of nitrogens with one attached hydrogen (secondary N) is 1. The summed E-state index contributed by atoms with van der Waals surface area (Å²) >= 11 is 5.42. The highest BCUT2D eigenvalue weighted by atomic mass is 32.1. The third-order valence-electron chi connectivity index (χ3n) is 3.59. The van der Waals surface area contributed by atoms with Crippen molar-refractivity contribution in [2.24, 2.45) is 0 Å². The fourth-order valence-electron chi connectivity index (χ4n) is 2.32. The topological polar surface area (TPSA) is 38.7 Å². The van der Waals surface area contributed by atoms with E-state index in [9.17, 15) is 5.11 Å². The smallest absolute Gasteiger partial charge is 0.169 e. The van der Waals surface area contributed by atoms with Crippen LogP contribution in [0.1, 0.15) is 19.8 Å². The molecule has 1 saturated heterocycles. The SMILES string of the molecule is CCCCNC(=S)N1CCN(c2ccc(O)cc2)CC1. The summed E-state index contributed by atoms with van der Waals surface area (Å²) in [6.07, 6.45) is 2.35. The number of phenolic OH excluding ortho intramolecular Hbond substituents is 1. The first-order valence-electron chi connectivity index (χ1n) is 7.27. The lowest BCUT2D eigenvalue weighted by Gasteiger charge is -2.37. The number of rotatable bonds is 4. The molecule has 1 aliphatic rings. The van der Waals surface area contributed by atoms with E-state index in [-0.39, 0.29) is 0 Å². The highest BCUT2D eigenvalue weighted by Crippen LogP contribution is 2.19. The first kappa shape index (κ1) is 14.9. The summed E-state index contributed by atoms with van der Waals surface area (Å²) in [5, 5.41) is 13.5. The molecule has 0 bridgehead atoms. The number of hydrogen-bond donors (Lipinski definition) is 2. The van der Waals surface area contributed by atoms with Crippen molar-refractivity contribution in [1.82, 2.24) is 10.2 Å². The second kappa shape index (κ2) is 7.33. The van der Waals surface area contributed by atoms with Crippen LogP contribution in [0.2, 0.25) is 0 Å². The van der Waals surface area contributed by atoms with E-state index >= 15 is 0 Å². The summed E-state index contributed by atoms with van der Waals surface area (Å²) in [7, 11) is 0. The van der Waals surface area contributed by atoms with E-state index in [2.05, 4.69) is 22.0 Å². The minimum Gasteiger partial charge on any atom is -0.508 e. The number of phenols is 1. The monoisotopic (exact) mass is 293 g/mol. The van der Waals surface area contributed by atoms with Gasteiger partial charge in [0.05, 0.1) is 0 Å². The summed E-state index contributed by atoms with van der Waals surface area (Å²) in [6, 6.07) is 7.39. The number of thiocarbonyl (C=S) groups is 1. The van der Waals surface area contributed by atoms with Crippen LogP contribution in [0, 0.1) is 0 Å². The van der Waals surface area contributed by atoms with Gasteiger partial charge in [-0.2, -0.15) is 0 Å². The van der Waals surface area contributed by atoms with E-state index in [1.54, 1.807) is 12.1 Å². The molecule has 1 fully saturated rings. The second-order valence-electron chi connectivity index (χ2n) is 5.08. The van der Waals surface area contributed by atoms with E-state index < -0.39 is 0 Å². The standard InChI is InChI=1S/C15H23N3OS/c1-2-3-8-16-15(20)18-11-9-17(10-12-18)13-4-6-14(19)7-5-13/h4-7,19H,2-3,8-12H2,1H3,(H,16,20). The molecule has 2 N–H and O–H groups in total. The zero-order chi connectivity index (χ0) is 14.4. The number of unbranched alkanes of at least 4 members (excludes halogenated alkanes) is 1. The van der Waals surface area contributed by atoms with Gasteiger partial charge in [0.15, 0.2) is 5.11 Å². The Hall–Kier alpha value is -1.49. The van der Waals surface area contributed by atoms with E-state index in [0.717, 1.165) is 49.9 Å². The molecule has 0 amide bonds.